The van der Waals surface area contributed by atoms with Crippen LogP contribution in [0.25, 0.3) is 0 Å². The second kappa shape index (κ2) is 7.37. The summed E-state index contributed by atoms with van der Waals surface area (Å²) in [5, 5.41) is 4.32. The van der Waals surface area contributed by atoms with Crippen molar-refractivity contribution in [3.63, 3.8) is 0 Å². The van der Waals surface area contributed by atoms with Crippen LogP contribution in [0, 0.1) is 11.7 Å². The van der Waals surface area contributed by atoms with Crippen LogP contribution in [-0.2, 0) is 11.8 Å². The number of hydrogen-bond acceptors (Lipinski definition) is 3. The number of hydrogen-bond donors (Lipinski definition) is 1. The SMILES string of the molecule is Cn1ccnc1Sc1ccc(F)cc1NC(=O)C1CC1c1ccccc1Cl. The van der Waals surface area contributed by atoms with Gasteiger partial charge in [-0.2, -0.15) is 0 Å². The predicted molar refractivity (Wildman–Crippen MR) is 105 cm³/mol. The van der Waals surface area contributed by atoms with Crippen molar-refractivity contribution in [2.45, 2.75) is 22.4 Å². The van der Waals surface area contributed by atoms with Gasteiger partial charge in [0, 0.05) is 35.3 Å². The van der Waals surface area contributed by atoms with E-state index in [1.54, 1.807) is 12.3 Å². The molecule has 1 aromatic heterocycles. The van der Waals surface area contributed by atoms with Gasteiger partial charge in [-0.05, 0) is 53.9 Å². The fourth-order valence-electron chi connectivity index (χ4n) is 3.07. The van der Waals surface area contributed by atoms with Crippen molar-refractivity contribution in [1.29, 1.82) is 0 Å². The summed E-state index contributed by atoms with van der Waals surface area (Å²) in [7, 11) is 1.88. The molecule has 4 rings (SSSR count). The third-order valence-electron chi connectivity index (χ3n) is 4.61. The van der Waals surface area contributed by atoms with Crippen LogP contribution in [-0.4, -0.2) is 15.5 Å². The van der Waals surface area contributed by atoms with Crippen molar-refractivity contribution in [2.24, 2.45) is 13.0 Å². The van der Waals surface area contributed by atoms with E-state index in [9.17, 15) is 9.18 Å². The Morgan fingerprint density at radius 3 is 2.89 bits per heavy atom. The molecule has 1 aliphatic carbocycles. The van der Waals surface area contributed by atoms with E-state index in [0.717, 1.165) is 22.0 Å². The zero-order valence-electron chi connectivity index (χ0n) is 14.5. The van der Waals surface area contributed by atoms with Crippen LogP contribution < -0.4 is 5.32 Å². The minimum absolute atomic E-state index is 0.109. The number of nitrogens with zero attached hydrogens (tertiary/aromatic N) is 2. The standard InChI is InChI=1S/C20H17ClFN3OS/c1-25-9-8-23-20(25)27-18-7-6-12(22)10-17(18)24-19(26)15-11-14(15)13-4-2-3-5-16(13)21/h2-10,14-15H,11H2,1H3,(H,24,26). The Kier molecular flexibility index (Phi) is 4.93. The Bertz CT molecular complexity index is 1010. The van der Waals surface area contributed by atoms with E-state index in [2.05, 4.69) is 10.3 Å². The number of rotatable bonds is 5. The smallest absolute Gasteiger partial charge is 0.228 e. The lowest BCUT2D eigenvalue weighted by Crippen LogP contribution is -2.15. The van der Waals surface area contributed by atoms with Gasteiger partial charge in [-0.1, -0.05) is 29.8 Å². The Morgan fingerprint density at radius 1 is 1.33 bits per heavy atom. The fourth-order valence-corrected chi connectivity index (χ4v) is 4.21. The minimum Gasteiger partial charge on any atom is -0.329 e. The molecule has 27 heavy (non-hydrogen) atoms. The molecule has 1 amide bonds. The number of carbonyl (C=O) groups excluding carboxylic acids is 1. The summed E-state index contributed by atoms with van der Waals surface area (Å²) in [5.41, 5.74) is 1.44. The molecule has 2 unspecified atom stereocenters. The maximum absolute atomic E-state index is 13.8. The maximum Gasteiger partial charge on any atom is 0.228 e. The van der Waals surface area contributed by atoms with Crippen LogP contribution in [0.2, 0.25) is 5.02 Å². The van der Waals surface area contributed by atoms with E-state index in [1.165, 1.54) is 23.9 Å². The molecule has 3 aromatic rings. The molecule has 0 radical (unpaired) electrons. The second-order valence-corrected chi connectivity index (χ2v) is 7.94. The second-order valence-electron chi connectivity index (χ2n) is 6.52. The predicted octanol–water partition coefficient (Wildman–Crippen LogP) is 5.11. The first-order valence-electron chi connectivity index (χ1n) is 8.53. The third kappa shape index (κ3) is 3.87. The number of halogens is 2. The summed E-state index contributed by atoms with van der Waals surface area (Å²) in [6.07, 6.45) is 4.28. The van der Waals surface area contributed by atoms with Crippen molar-refractivity contribution < 1.29 is 9.18 Å². The first-order valence-corrected chi connectivity index (χ1v) is 9.72. The zero-order chi connectivity index (χ0) is 19.0. The molecule has 0 saturated heterocycles. The van der Waals surface area contributed by atoms with Gasteiger partial charge in [0.15, 0.2) is 5.16 Å². The average molecular weight is 402 g/mol. The largest absolute Gasteiger partial charge is 0.329 e. The number of nitrogens with one attached hydrogen (secondary N) is 1. The van der Waals surface area contributed by atoms with Crippen LogP contribution in [0.15, 0.2) is 64.9 Å². The lowest BCUT2D eigenvalue weighted by Gasteiger charge is -2.11. The number of aromatic nitrogens is 2. The Labute approximate surface area is 165 Å². The van der Waals surface area contributed by atoms with E-state index in [1.807, 2.05) is 42.1 Å². The number of carbonyl (C=O) groups is 1. The quantitative estimate of drug-likeness (QED) is 0.646. The molecule has 7 heteroatoms. The summed E-state index contributed by atoms with van der Waals surface area (Å²) >= 11 is 7.62. The number of imidazole rings is 1. The minimum atomic E-state index is -0.395. The summed E-state index contributed by atoms with van der Waals surface area (Å²) in [6, 6.07) is 12.0. The van der Waals surface area contributed by atoms with Crippen LogP contribution in [0.1, 0.15) is 17.9 Å². The van der Waals surface area contributed by atoms with Gasteiger partial charge in [-0.15, -0.1) is 0 Å². The highest BCUT2D eigenvalue weighted by atomic mass is 35.5. The van der Waals surface area contributed by atoms with Crippen LogP contribution in [0.5, 0.6) is 0 Å². The van der Waals surface area contributed by atoms with E-state index in [0.29, 0.717) is 10.7 Å². The van der Waals surface area contributed by atoms with Gasteiger partial charge in [0.05, 0.1) is 5.69 Å². The monoisotopic (exact) mass is 401 g/mol. The summed E-state index contributed by atoms with van der Waals surface area (Å²) in [5.74, 6) is -0.558. The molecule has 4 nitrogen and oxygen atoms in total. The summed E-state index contributed by atoms with van der Waals surface area (Å²) in [4.78, 5) is 17.7. The fraction of sp³-hybridized carbons (Fsp3) is 0.200. The van der Waals surface area contributed by atoms with Crippen molar-refractivity contribution >= 4 is 35.0 Å². The van der Waals surface area contributed by atoms with E-state index in [4.69, 9.17) is 11.6 Å². The molecule has 0 spiro atoms. The van der Waals surface area contributed by atoms with E-state index < -0.39 is 5.82 Å². The van der Waals surface area contributed by atoms with E-state index >= 15 is 0 Å². The molecule has 2 aromatic carbocycles. The van der Waals surface area contributed by atoms with Gasteiger partial charge < -0.3 is 9.88 Å². The molecule has 1 saturated carbocycles. The number of aryl methyl sites for hydroxylation is 1. The molecular formula is C20H17ClFN3OS. The third-order valence-corrected chi connectivity index (χ3v) is 6.11. The van der Waals surface area contributed by atoms with Crippen molar-refractivity contribution in [3.05, 3.63) is 71.3 Å². The molecule has 1 fully saturated rings. The van der Waals surface area contributed by atoms with Gasteiger partial charge in [0.25, 0.3) is 0 Å². The lowest BCUT2D eigenvalue weighted by atomic mass is 10.1. The van der Waals surface area contributed by atoms with E-state index in [-0.39, 0.29) is 17.7 Å². The van der Waals surface area contributed by atoms with Crippen molar-refractivity contribution in [3.8, 4) is 0 Å². The van der Waals surface area contributed by atoms with Crippen LogP contribution in [0.3, 0.4) is 0 Å². The number of amides is 1. The molecule has 0 bridgehead atoms. The van der Waals surface area contributed by atoms with Crippen LogP contribution >= 0.6 is 23.4 Å². The van der Waals surface area contributed by atoms with Crippen molar-refractivity contribution in [1.82, 2.24) is 9.55 Å². The normalized spacial score (nSPS) is 18.3. The van der Waals surface area contributed by atoms with Gasteiger partial charge in [0.1, 0.15) is 5.82 Å². The highest BCUT2D eigenvalue weighted by Crippen LogP contribution is 2.50. The molecule has 1 aliphatic rings. The first-order chi connectivity index (χ1) is 13.0. The molecule has 1 N–H and O–H groups in total. The number of benzene rings is 2. The Balaban J connectivity index is 1.51. The van der Waals surface area contributed by atoms with Gasteiger partial charge in [0.2, 0.25) is 5.91 Å². The zero-order valence-corrected chi connectivity index (χ0v) is 16.1. The summed E-state index contributed by atoms with van der Waals surface area (Å²) in [6.45, 7) is 0. The molecule has 138 valence electrons. The number of anilines is 1. The summed E-state index contributed by atoms with van der Waals surface area (Å²) < 4.78 is 15.6. The highest BCUT2D eigenvalue weighted by Gasteiger charge is 2.44. The van der Waals surface area contributed by atoms with Crippen molar-refractivity contribution in [2.75, 3.05) is 5.32 Å². The molecule has 1 heterocycles. The Hall–Kier alpha value is -2.31. The van der Waals surface area contributed by atoms with Crippen LogP contribution in [0.4, 0.5) is 10.1 Å². The first kappa shape index (κ1) is 18.1. The average Bonchev–Trinajstić information content (AvgIpc) is 3.34. The molecular weight excluding hydrogens is 385 g/mol. The van der Waals surface area contributed by atoms with Gasteiger partial charge >= 0.3 is 0 Å². The highest BCUT2D eigenvalue weighted by molar-refractivity contribution is 7.99. The molecule has 0 aliphatic heterocycles. The molecule has 2 atom stereocenters. The van der Waals surface area contributed by atoms with Gasteiger partial charge in [-0.25, -0.2) is 9.37 Å². The Morgan fingerprint density at radius 2 is 2.15 bits per heavy atom. The maximum atomic E-state index is 13.8. The topological polar surface area (TPSA) is 46.9 Å². The lowest BCUT2D eigenvalue weighted by molar-refractivity contribution is -0.117. The van der Waals surface area contributed by atoms with Gasteiger partial charge in [-0.3, -0.25) is 4.79 Å².